The highest BCUT2D eigenvalue weighted by molar-refractivity contribution is 6.08. The summed E-state index contributed by atoms with van der Waals surface area (Å²) in [7, 11) is 0. The van der Waals surface area contributed by atoms with Gasteiger partial charge in [0.05, 0.1) is 0 Å². The molecule has 158 valence electrons. The van der Waals surface area contributed by atoms with E-state index in [0.29, 0.717) is 12.3 Å². The van der Waals surface area contributed by atoms with Gasteiger partial charge in [-0.2, -0.15) is 0 Å². The van der Waals surface area contributed by atoms with Gasteiger partial charge >= 0.3 is 18.0 Å². The number of amides is 6. The summed E-state index contributed by atoms with van der Waals surface area (Å²) in [5.74, 6) is -1.90. The fourth-order valence-corrected chi connectivity index (χ4v) is 2.57. The predicted molar refractivity (Wildman–Crippen MR) is 100 cm³/mol. The number of rotatable bonds is 8. The van der Waals surface area contributed by atoms with Gasteiger partial charge in [-0.3, -0.25) is 24.6 Å². The van der Waals surface area contributed by atoms with Gasteiger partial charge in [0, 0.05) is 6.04 Å². The van der Waals surface area contributed by atoms with Gasteiger partial charge in [-0.25, -0.2) is 9.59 Å². The van der Waals surface area contributed by atoms with Crippen LogP contribution in [0.5, 0.6) is 0 Å². The van der Waals surface area contributed by atoms with Crippen molar-refractivity contribution >= 4 is 29.8 Å². The number of carbonyl (C=O) groups is 5. The van der Waals surface area contributed by atoms with Gasteiger partial charge in [-0.1, -0.05) is 13.8 Å². The van der Waals surface area contributed by atoms with Crippen LogP contribution >= 0.6 is 0 Å². The van der Waals surface area contributed by atoms with Gasteiger partial charge in [0.15, 0.2) is 6.10 Å². The number of ether oxygens (including phenoxy) is 1. The number of hydrogen-bond acceptors (Lipinski definition) is 6. The third-order valence-electron chi connectivity index (χ3n) is 4.19. The zero-order valence-corrected chi connectivity index (χ0v) is 17.3. The Kier molecular flexibility index (Phi) is 7.95. The number of hydrogen-bond donors (Lipinski definition) is 3. The van der Waals surface area contributed by atoms with Crippen molar-refractivity contribution in [3.05, 3.63) is 0 Å². The van der Waals surface area contributed by atoms with Crippen LogP contribution in [0.25, 0.3) is 0 Å². The van der Waals surface area contributed by atoms with Crippen LogP contribution in [0.1, 0.15) is 54.4 Å². The fourth-order valence-electron chi connectivity index (χ4n) is 2.57. The van der Waals surface area contributed by atoms with Crippen LogP contribution in [0.2, 0.25) is 0 Å². The second kappa shape index (κ2) is 9.52. The normalized spacial score (nSPS) is 20.2. The maximum Gasteiger partial charge on any atom is 0.327 e. The van der Waals surface area contributed by atoms with E-state index in [4.69, 9.17) is 4.74 Å². The van der Waals surface area contributed by atoms with Gasteiger partial charge in [-0.05, 0) is 46.5 Å². The van der Waals surface area contributed by atoms with E-state index in [1.165, 1.54) is 6.92 Å². The average molecular weight is 398 g/mol. The molecule has 0 aromatic rings. The van der Waals surface area contributed by atoms with E-state index in [1.807, 2.05) is 19.2 Å². The molecule has 0 spiro atoms. The summed E-state index contributed by atoms with van der Waals surface area (Å²) >= 11 is 0. The van der Waals surface area contributed by atoms with E-state index in [2.05, 4.69) is 10.6 Å². The Morgan fingerprint density at radius 2 is 1.75 bits per heavy atom. The molecule has 10 nitrogen and oxygen atoms in total. The summed E-state index contributed by atoms with van der Waals surface area (Å²) < 4.78 is 4.94. The SMILES string of the molecule is CC(C)CC[C@]1(C)NC(=O)N(CC(=O)O[C@@H](C)C(=O)NC(=O)NC(C)C)C1=O. The van der Waals surface area contributed by atoms with E-state index in [9.17, 15) is 24.0 Å². The summed E-state index contributed by atoms with van der Waals surface area (Å²) in [6.45, 7) is 9.75. The second-order valence-electron chi connectivity index (χ2n) is 7.84. The highest BCUT2D eigenvalue weighted by Gasteiger charge is 2.48. The van der Waals surface area contributed by atoms with E-state index < -0.39 is 48.0 Å². The standard InChI is InChI=1S/C18H30N4O6/c1-10(2)7-8-18(6)15(25)22(17(27)21-18)9-13(23)28-12(5)14(24)20-16(26)19-11(3)4/h10-12H,7-9H2,1-6H3,(H,21,27)(H2,19,20,24,26)/t12-,18-/m0/s1. The lowest BCUT2D eigenvalue weighted by Gasteiger charge is -2.22. The summed E-state index contributed by atoms with van der Waals surface area (Å²) in [5, 5.41) is 7.11. The summed E-state index contributed by atoms with van der Waals surface area (Å²) in [6, 6.07) is -1.56. The van der Waals surface area contributed by atoms with Crippen molar-refractivity contribution in [3.8, 4) is 0 Å². The molecular formula is C18H30N4O6. The molecule has 3 N–H and O–H groups in total. The molecule has 1 heterocycles. The van der Waals surface area contributed by atoms with Crippen LogP contribution in [0, 0.1) is 5.92 Å². The Balaban J connectivity index is 2.60. The van der Waals surface area contributed by atoms with Gasteiger partial charge in [-0.15, -0.1) is 0 Å². The largest absolute Gasteiger partial charge is 0.451 e. The van der Waals surface area contributed by atoms with Crippen molar-refractivity contribution in [2.75, 3.05) is 6.54 Å². The lowest BCUT2D eigenvalue weighted by molar-refractivity contribution is -0.156. The molecule has 0 aromatic heterocycles. The van der Waals surface area contributed by atoms with Crippen LogP contribution in [0.3, 0.4) is 0 Å². The molecule has 1 aliphatic heterocycles. The van der Waals surface area contributed by atoms with E-state index >= 15 is 0 Å². The van der Waals surface area contributed by atoms with Crippen molar-refractivity contribution in [3.63, 3.8) is 0 Å². The Hall–Kier alpha value is -2.65. The van der Waals surface area contributed by atoms with Crippen LogP contribution in [-0.2, 0) is 19.1 Å². The first-order valence-corrected chi connectivity index (χ1v) is 9.30. The Labute approximate surface area is 164 Å². The smallest absolute Gasteiger partial charge is 0.327 e. The first-order valence-electron chi connectivity index (χ1n) is 9.30. The zero-order valence-electron chi connectivity index (χ0n) is 17.3. The molecule has 0 saturated carbocycles. The number of imide groups is 2. The molecule has 1 fully saturated rings. The molecule has 1 aliphatic rings. The predicted octanol–water partition coefficient (Wildman–Crippen LogP) is 0.899. The number of urea groups is 2. The molecule has 10 heteroatoms. The molecule has 0 aromatic carbocycles. The molecule has 0 radical (unpaired) electrons. The zero-order chi connectivity index (χ0) is 21.6. The number of nitrogens with zero attached hydrogens (tertiary/aromatic N) is 1. The first kappa shape index (κ1) is 23.4. The topological polar surface area (TPSA) is 134 Å². The lowest BCUT2D eigenvalue weighted by Crippen LogP contribution is -2.47. The number of carbonyl (C=O) groups excluding carboxylic acids is 5. The Morgan fingerprint density at radius 3 is 2.29 bits per heavy atom. The van der Waals surface area contributed by atoms with Gasteiger partial charge < -0.3 is 15.4 Å². The first-order chi connectivity index (χ1) is 12.9. The molecular weight excluding hydrogens is 368 g/mol. The lowest BCUT2D eigenvalue weighted by atomic mass is 9.92. The minimum Gasteiger partial charge on any atom is -0.451 e. The summed E-state index contributed by atoms with van der Waals surface area (Å²) in [4.78, 5) is 60.9. The fraction of sp³-hybridized carbons (Fsp3) is 0.722. The number of nitrogens with one attached hydrogen (secondary N) is 3. The monoisotopic (exact) mass is 398 g/mol. The molecule has 0 unspecified atom stereocenters. The molecule has 6 amide bonds. The Morgan fingerprint density at radius 1 is 1.14 bits per heavy atom. The molecule has 28 heavy (non-hydrogen) atoms. The molecule has 0 aliphatic carbocycles. The van der Waals surface area contributed by atoms with Crippen molar-refractivity contribution in [2.45, 2.75) is 72.1 Å². The minimum absolute atomic E-state index is 0.171. The van der Waals surface area contributed by atoms with Crippen molar-refractivity contribution in [2.24, 2.45) is 5.92 Å². The summed E-state index contributed by atoms with van der Waals surface area (Å²) in [5.41, 5.74) is -1.07. The summed E-state index contributed by atoms with van der Waals surface area (Å²) in [6.07, 6.45) is -0.0837. The number of esters is 1. The van der Waals surface area contributed by atoms with Crippen molar-refractivity contribution < 1.29 is 28.7 Å². The van der Waals surface area contributed by atoms with Crippen molar-refractivity contribution in [1.29, 1.82) is 0 Å². The molecule has 1 rings (SSSR count). The highest BCUT2D eigenvalue weighted by atomic mass is 16.5. The maximum atomic E-state index is 12.6. The van der Waals surface area contributed by atoms with E-state index in [1.54, 1.807) is 20.8 Å². The van der Waals surface area contributed by atoms with Crippen molar-refractivity contribution in [1.82, 2.24) is 20.9 Å². The van der Waals surface area contributed by atoms with Crippen LogP contribution in [-0.4, -0.2) is 59.0 Å². The quantitative estimate of drug-likeness (QED) is 0.411. The van der Waals surface area contributed by atoms with Crippen LogP contribution in [0.15, 0.2) is 0 Å². The minimum atomic E-state index is -1.27. The van der Waals surface area contributed by atoms with Crippen LogP contribution in [0.4, 0.5) is 9.59 Å². The third-order valence-corrected chi connectivity index (χ3v) is 4.19. The molecule has 2 atom stereocenters. The van der Waals surface area contributed by atoms with Gasteiger partial charge in [0.1, 0.15) is 12.1 Å². The highest BCUT2D eigenvalue weighted by Crippen LogP contribution is 2.24. The Bertz CT molecular complexity index is 648. The van der Waals surface area contributed by atoms with Gasteiger partial charge in [0.2, 0.25) is 0 Å². The maximum absolute atomic E-state index is 12.6. The van der Waals surface area contributed by atoms with Crippen LogP contribution < -0.4 is 16.0 Å². The van der Waals surface area contributed by atoms with Gasteiger partial charge in [0.25, 0.3) is 11.8 Å². The second-order valence-corrected chi connectivity index (χ2v) is 7.84. The molecule has 0 bridgehead atoms. The van der Waals surface area contributed by atoms with E-state index in [0.717, 1.165) is 11.3 Å². The van der Waals surface area contributed by atoms with E-state index in [-0.39, 0.29) is 6.04 Å². The average Bonchev–Trinajstić information content (AvgIpc) is 2.75. The third kappa shape index (κ3) is 6.50. The molecule has 1 saturated heterocycles.